The number of hydrogen-bond donors (Lipinski definition) is 2. The molecule has 1 saturated heterocycles. The normalized spacial score (nSPS) is 16.3. The van der Waals surface area contributed by atoms with Gasteiger partial charge in [0.05, 0.1) is 13.2 Å². The van der Waals surface area contributed by atoms with E-state index in [1.807, 2.05) is 19.1 Å². The molecule has 0 radical (unpaired) electrons. The molecule has 0 saturated carbocycles. The molecule has 0 amide bonds. The summed E-state index contributed by atoms with van der Waals surface area (Å²) in [6.07, 6.45) is 0. The highest BCUT2D eigenvalue weighted by Gasteiger charge is 2.11. The maximum absolute atomic E-state index is 5.29. The van der Waals surface area contributed by atoms with Crippen LogP contribution in [0.5, 0.6) is 0 Å². The Morgan fingerprint density at radius 1 is 1.39 bits per heavy atom. The summed E-state index contributed by atoms with van der Waals surface area (Å²) in [6.45, 7) is 5.23. The number of ether oxygens (including phenoxy) is 1. The van der Waals surface area contributed by atoms with Crippen LogP contribution >= 0.6 is 28.1 Å². The zero-order chi connectivity index (χ0) is 13.0. The zero-order valence-corrected chi connectivity index (χ0v) is 12.6. The molecule has 0 atom stereocenters. The molecule has 0 unspecified atom stereocenters. The Hall–Kier alpha value is -0.690. The van der Waals surface area contributed by atoms with Crippen molar-refractivity contribution in [1.82, 2.24) is 10.4 Å². The van der Waals surface area contributed by atoms with Crippen molar-refractivity contribution in [2.75, 3.05) is 31.6 Å². The monoisotopic (exact) mass is 329 g/mol. The summed E-state index contributed by atoms with van der Waals surface area (Å²) in [5.41, 5.74) is 5.34. The Labute approximate surface area is 121 Å². The molecule has 1 aromatic carbocycles. The predicted octanol–water partition coefficient (Wildman–Crippen LogP) is 2.29. The number of morpholine rings is 1. The van der Waals surface area contributed by atoms with E-state index in [0.717, 1.165) is 42.0 Å². The summed E-state index contributed by atoms with van der Waals surface area (Å²) in [7, 11) is 0. The Morgan fingerprint density at radius 3 is 2.78 bits per heavy atom. The van der Waals surface area contributed by atoms with Gasteiger partial charge in [-0.2, -0.15) is 0 Å². The van der Waals surface area contributed by atoms with E-state index >= 15 is 0 Å². The Morgan fingerprint density at radius 2 is 2.11 bits per heavy atom. The van der Waals surface area contributed by atoms with Crippen LogP contribution in [0.2, 0.25) is 0 Å². The van der Waals surface area contributed by atoms with Crippen LogP contribution in [-0.4, -0.2) is 36.4 Å². The predicted molar refractivity (Wildman–Crippen MR) is 80.6 cm³/mol. The summed E-state index contributed by atoms with van der Waals surface area (Å²) in [5, 5.41) is 5.88. The van der Waals surface area contributed by atoms with E-state index in [1.54, 1.807) is 0 Å². The van der Waals surface area contributed by atoms with Crippen molar-refractivity contribution in [3.63, 3.8) is 0 Å². The number of halogens is 1. The van der Waals surface area contributed by atoms with Crippen LogP contribution in [0.4, 0.5) is 5.69 Å². The summed E-state index contributed by atoms with van der Waals surface area (Å²) in [5.74, 6) is 0. The number of hydrazine groups is 1. The molecule has 2 N–H and O–H groups in total. The molecule has 0 spiro atoms. The van der Waals surface area contributed by atoms with Gasteiger partial charge in [0.15, 0.2) is 5.11 Å². The molecular weight excluding hydrogens is 314 g/mol. The Bertz CT molecular complexity index is 435. The fourth-order valence-electron chi connectivity index (χ4n) is 1.74. The molecular formula is C12H16BrN3OS. The lowest BCUT2D eigenvalue weighted by molar-refractivity contribution is 0.0252. The highest BCUT2D eigenvalue weighted by molar-refractivity contribution is 9.10. The average molecular weight is 330 g/mol. The fraction of sp³-hybridized carbons (Fsp3) is 0.417. The van der Waals surface area contributed by atoms with Crippen LogP contribution in [0, 0.1) is 6.92 Å². The fourth-order valence-corrected chi connectivity index (χ4v) is 2.45. The van der Waals surface area contributed by atoms with Crippen molar-refractivity contribution in [1.29, 1.82) is 0 Å². The molecule has 0 aromatic heterocycles. The van der Waals surface area contributed by atoms with Crippen molar-refractivity contribution < 1.29 is 4.74 Å². The van der Waals surface area contributed by atoms with Crippen LogP contribution in [-0.2, 0) is 4.74 Å². The van der Waals surface area contributed by atoms with Gasteiger partial charge in [0.25, 0.3) is 0 Å². The minimum atomic E-state index is 0.613. The second-order valence-electron chi connectivity index (χ2n) is 4.12. The summed E-state index contributed by atoms with van der Waals surface area (Å²) in [4.78, 5) is 0. The van der Waals surface area contributed by atoms with Gasteiger partial charge in [-0.3, -0.25) is 5.43 Å². The third-order valence-electron chi connectivity index (χ3n) is 2.71. The van der Waals surface area contributed by atoms with Crippen molar-refractivity contribution in [3.05, 3.63) is 28.2 Å². The summed E-state index contributed by atoms with van der Waals surface area (Å²) in [6, 6.07) is 6.05. The first-order chi connectivity index (χ1) is 8.65. The summed E-state index contributed by atoms with van der Waals surface area (Å²) < 4.78 is 6.35. The highest BCUT2D eigenvalue weighted by atomic mass is 79.9. The molecule has 6 heteroatoms. The number of thiocarbonyl (C=S) groups is 1. The second-order valence-corrected chi connectivity index (χ2v) is 5.45. The molecule has 1 aliphatic rings. The quantitative estimate of drug-likeness (QED) is 0.814. The van der Waals surface area contributed by atoms with E-state index in [1.165, 1.54) is 0 Å². The first kappa shape index (κ1) is 13.7. The van der Waals surface area contributed by atoms with Crippen molar-refractivity contribution in [3.8, 4) is 0 Å². The smallest absolute Gasteiger partial charge is 0.185 e. The number of benzene rings is 1. The lowest BCUT2D eigenvalue weighted by Gasteiger charge is -2.28. The van der Waals surface area contributed by atoms with Gasteiger partial charge in [-0.15, -0.1) is 0 Å². The van der Waals surface area contributed by atoms with Crippen molar-refractivity contribution in [2.45, 2.75) is 6.92 Å². The molecule has 1 fully saturated rings. The van der Waals surface area contributed by atoms with E-state index in [9.17, 15) is 0 Å². The van der Waals surface area contributed by atoms with E-state index < -0.39 is 0 Å². The van der Waals surface area contributed by atoms with Crippen LogP contribution < -0.4 is 10.7 Å². The third kappa shape index (κ3) is 3.91. The number of nitrogens with zero attached hydrogens (tertiary/aromatic N) is 1. The van der Waals surface area contributed by atoms with Gasteiger partial charge >= 0.3 is 0 Å². The maximum atomic E-state index is 5.29. The Kier molecular flexibility index (Phi) is 4.94. The number of nitrogens with one attached hydrogen (secondary N) is 2. The highest BCUT2D eigenvalue weighted by Crippen LogP contribution is 2.19. The van der Waals surface area contributed by atoms with Gasteiger partial charge in [-0.05, 0) is 42.9 Å². The molecule has 4 nitrogen and oxygen atoms in total. The lowest BCUT2D eigenvalue weighted by atomic mass is 10.2. The van der Waals surface area contributed by atoms with Crippen LogP contribution in [0.25, 0.3) is 0 Å². The molecule has 2 rings (SSSR count). The topological polar surface area (TPSA) is 36.5 Å². The maximum Gasteiger partial charge on any atom is 0.185 e. The number of anilines is 1. The average Bonchev–Trinajstić information content (AvgIpc) is 2.34. The minimum absolute atomic E-state index is 0.613. The van der Waals surface area contributed by atoms with E-state index in [0.29, 0.717) is 5.11 Å². The third-order valence-corrected chi connectivity index (χ3v) is 3.39. The molecule has 18 heavy (non-hydrogen) atoms. The standard InChI is InChI=1S/C12H16BrN3OS/c1-9-8-10(13)2-3-11(9)14-12(18)15-16-4-6-17-7-5-16/h2-3,8H,4-7H2,1H3,(H2,14,15,18). The van der Waals surface area contributed by atoms with Gasteiger partial charge in [0.1, 0.15) is 0 Å². The van der Waals surface area contributed by atoms with Crippen LogP contribution in [0.1, 0.15) is 5.56 Å². The van der Waals surface area contributed by atoms with Gasteiger partial charge in [0, 0.05) is 23.2 Å². The van der Waals surface area contributed by atoms with Gasteiger partial charge in [0.2, 0.25) is 0 Å². The minimum Gasteiger partial charge on any atom is -0.379 e. The molecule has 0 aliphatic carbocycles. The zero-order valence-electron chi connectivity index (χ0n) is 10.2. The Balaban J connectivity index is 1.90. The van der Waals surface area contributed by atoms with Crippen molar-refractivity contribution >= 4 is 38.9 Å². The number of rotatable bonds is 2. The van der Waals surface area contributed by atoms with Gasteiger partial charge in [-0.1, -0.05) is 15.9 Å². The van der Waals surface area contributed by atoms with Crippen LogP contribution in [0.3, 0.4) is 0 Å². The largest absolute Gasteiger partial charge is 0.379 e. The molecule has 0 bridgehead atoms. The summed E-state index contributed by atoms with van der Waals surface area (Å²) >= 11 is 8.74. The van der Waals surface area contributed by atoms with E-state index in [4.69, 9.17) is 17.0 Å². The first-order valence-electron chi connectivity index (χ1n) is 5.81. The van der Waals surface area contributed by atoms with E-state index in [-0.39, 0.29) is 0 Å². The van der Waals surface area contributed by atoms with E-state index in [2.05, 4.69) is 37.7 Å². The number of aryl methyl sites for hydroxylation is 1. The van der Waals surface area contributed by atoms with Crippen molar-refractivity contribution in [2.24, 2.45) is 0 Å². The lowest BCUT2D eigenvalue weighted by Crippen LogP contribution is -2.49. The first-order valence-corrected chi connectivity index (χ1v) is 7.02. The molecule has 98 valence electrons. The van der Waals surface area contributed by atoms with Crippen LogP contribution in [0.15, 0.2) is 22.7 Å². The van der Waals surface area contributed by atoms with Gasteiger partial charge < -0.3 is 10.1 Å². The molecule has 1 aliphatic heterocycles. The SMILES string of the molecule is Cc1cc(Br)ccc1NC(=S)NN1CCOCC1. The number of hydrogen-bond acceptors (Lipinski definition) is 3. The second kappa shape index (κ2) is 6.47. The van der Waals surface area contributed by atoms with Gasteiger partial charge in [-0.25, -0.2) is 5.01 Å². The molecule has 1 aromatic rings. The molecule has 1 heterocycles.